The Morgan fingerprint density at radius 3 is 2.56 bits per heavy atom. The molecular weight excluding hydrogens is 389 g/mol. The van der Waals surface area contributed by atoms with Gasteiger partial charge in [-0.15, -0.1) is 0 Å². The molecule has 0 aromatic heterocycles. The molecule has 2 aliphatic rings. The van der Waals surface area contributed by atoms with Crippen molar-refractivity contribution in [3.8, 4) is 0 Å². The zero-order valence-electron chi connectivity index (χ0n) is 15.0. The highest BCUT2D eigenvalue weighted by molar-refractivity contribution is 6.35. The van der Waals surface area contributed by atoms with E-state index >= 15 is 0 Å². The molecule has 6 nitrogen and oxygen atoms in total. The topological polar surface area (TPSA) is 78.5 Å². The summed E-state index contributed by atoms with van der Waals surface area (Å²) in [6.45, 7) is 0.206. The summed E-state index contributed by atoms with van der Waals surface area (Å²) in [5, 5.41) is 6.66. The van der Waals surface area contributed by atoms with Gasteiger partial charge >= 0.3 is 6.03 Å². The number of amides is 4. The highest BCUT2D eigenvalue weighted by Gasteiger charge is 2.40. The number of halogens is 2. The van der Waals surface area contributed by atoms with Gasteiger partial charge in [0, 0.05) is 29.1 Å². The predicted octanol–water partition coefficient (Wildman–Crippen LogP) is 3.64. The third-order valence-corrected chi connectivity index (χ3v) is 5.72. The Kier molecular flexibility index (Phi) is 6.60. The highest BCUT2D eigenvalue weighted by atomic mass is 35.5. The van der Waals surface area contributed by atoms with Crippen LogP contribution in [0.25, 0.3) is 0 Å². The lowest BCUT2D eigenvalue weighted by Crippen LogP contribution is -2.53. The first-order valence-electron chi connectivity index (χ1n) is 9.30. The minimum Gasteiger partial charge on any atom is -0.350 e. The largest absolute Gasteiger partial charge is 0.350 e. The van der Waals surface area contributed by atoms with Crippen LogP contribution >= 0.6 is 23.2 Å². The molecule has 1 aliphatic carbocycles. The molecule has 1 aromatic carbocycles. The van der Waals surface area contributed by atoms with E-state index < -0.39 is 12.1 Å². The Morgan fingerprint density at radius 2 is 1.85 bits per heavy atom. The number of hydrogen-bond donors (Lipinski definition) is 2. The number of urea groups is 1. The Labute approximate surface area is 168 Å². The average Bonchev–Trinajstić information content (AvgIpc) is 3.03. The number of carbonyl (C=O) groups excluding carboxylic acids is 3. The van der Waals surface area contributed by atoms with E-state index in [0.717, 1.165) is 36.1 Å². The van der Waals surface area contributed by atoms with Gasteiger partial charge in [0.15, 0.2) is 0 Å². The van der Waals surface area contributed by atoms with Gasteiger partial charge in [-0.2, -0.15) is 0 Å². The van der Waals surface area contributed by atoms with E-state index in [1.807, 2.05) is 0 Å². The Hall–Kier alpha value is -1.79. The maximum atomic E-state index is 12.6. The molecule has 1 heterocycles. The Bertz CT molecular complexity index is 735. The molecule has 2 N–H and O–H groups in total. The normalized spacial score (nSPS) is 20.6. The van der Waals surface area contributed by atoms with Crippen molar-refractivity contribution in [1.29, 1.82) is 0 Å². The van der Waals surface area contributed by atoms with Crippen molar-refractivity contribution in [2.24, 2.45) is 0 Å². The first-order chi connectivity index (χ1) is 13.0. The third-order valence-electron chi connectivity index (χ3n) is 5.13. The summed E-state index contributed by atoms with van der Waals surface area (Å²) in [5.74, 6) is -0.668. The first-order valence-corrected chi connectivity index (χ1v) is 10.1. The smallest absolute Gasteiger partial charge is 0.325 e. The lowest BCUT2D eigenvalue weighted by Gasteiger charge is -2.28. The molecule has 2 fully saturated rings. The van der Waals surface area contributed by atoms with Crippen LogP contribution in [0.1, 0.15) is 50.5 Å². The zero-order chi connectivity index (χ0) is 19.4. The number of rotatable bonds is 4. The number of nitrogens with one attached hydrogen (secondary N) is 2. The molecule has 0 unspecified atom stereocenters. The first kappa shape index (κ1) is 20.0. The summed E-state index contributed by atoms with van der Waals surface area (Å²) in [6.07, 6.45) is 5.68. The van der Waals surface area contributed by atoms with E-state index in [0.29, 0.717) is 16.5 Å². The van der Waals surface area contributed by atoms with Gasteiger partial charge in [-0.05, 0) is 37.0 Å². The minimum absolute atomic E-state index is 0.0798. The molecule has 1 atom stereocenters. The lowest BCUT2D eigenvalue weighted by atomic mass is 9.96. The van der Waals surface area contributed by atoms with Crippen LogP contribution in [-0.2, 0) is 16.1 Å². The van der Waals surface area contributed by atoms with Gasteiger partial charge in [0.25, 0.3) is 0 Å². The standard InChI is InChI=1S/C19H23Cl2N3O3/c20-13-7-6-12(15(21)10-13)11-22-18(26)16-8-9-17(25)24(16)19(27)23-14-4-2-1-3-5-14/h6-7,10,14,16H,1-5,8-9,11H2,(H,22,26)(H,23,27)/t16-/m0/s1. The van der Waals surface area contributed by atoms with Crippen LogP contribution in [-0.4, -0.2) is 34.8 Å². The molecule has 27 heavy (non-hydrogen) atoms. The maximum Gasteiger partial charge on any atom is 0.325 e. The highest BCUT2D eigenvalue weighted by Crippen LogP contribution is 2.23. The van der Waals surface area contributed by atoms with Crippen LogP contribution in [0.2, 0.25) is 10.0 Å². The summed E-state index contributed by atoms with van der Waals surface area (Å²) >= 11 is 12.0. The van der Waals surface area contributed by atoms with E-state index in [4.69, 9.17) is 23.2 Å². The molecular formula is C19H23Cl2N3O3. The van der Waals surface area contributed by atoms with Crippen molar-refractivity contribution in [1.82, 2.24) is 15.5 Å². The number of imide groups is 1. The molecule has 0 bridgehead atoms. The van der Waals surface area contributed by atoms with Crippen molar-refractivity contribution < 1.29 is 14.4 Å². The van der Waals surface area contributed by atoms with Gasteiger partial charge < -0.3 is 10.6 Å². The van der Waals surface area contributed by atoms with E-state index in [-0.39, 0.29) is 30.8 Å². The average molecular weight is 412 g/mol. The molecule has 4 amide bonds. The number of likely N-dealkylation sites (tertiary alicyclic amines) is 1. The third kappa shape index (κ3) is 4.93. The molecule has 1 aromatic rings. The van der Waals surface area contributed by atoms with Crippen LogP contribution in [0.15, 0.2) is 18.2 Å². The summed E-state index contributed by atoms with van der Waals surface area (Å²) in [6, 6.07) is 3.86. The molecule has 1 saturated heterocycles. The number of carbonyl (C=O) groups is 3. The van der Waals surface area contributed by atoms with Crippen LogP contribution in [0.4, 0.5) is 4.79 Å². The summed E-state index contributed by atoms with van der Waals surface area (Å²) in [5.41, 5.74) is 0.719. The van der Waals surface area contributed by atoms with Gasteiger partial charge in [-0.3, -0.25) is 14.5 Å². The van der Waals surface area contributed by atoms with Crippen molar-refractivity contribution in [3.63, 3.8) is 0 Å². The number of hydrogen-bond acceptors (Lipinski definition) is 3. The van der Waals surface area contributed by atoms with Crippen molar-refractivity contribution in [2.45, 2.75) is 63.6 Å². The predicted molar refractivity (Wildman–Crippen MR) is 104 cm³/mol. The molecule has 146 valence electrons. The van der Waals surface area contributed by atoms with E-state index in [1.165, 1.54) is 6.42 Å². The molecule has 1 aliphatic heterocycles. The maximum absolute atomic E-state index is 12.6. The quantitative estimate of drug-likeness (QED) is 0.793. The van der Waals surface area contributed by atoms with Crippen molar-refractivity contribution in [2.75, 3.05) is 0 Å². The fourth-order valence-electron chi connectivity index (χ4n) is 3.64. The fourth-order valence-corrected chi connectivity index (χ4v) is 4.12. The number of nitrogens with zero attached hydrogens (tertiary/aromatic N) is 1. The second-order valence-corrected chi connectivity index (χ2v) is 7.90. The molecule has 3 rings (SSSR count). The Morgan fingerprint density at radius 1 is 1.11 bits per heavy atom. The van der Waals surface area contributed by atoms with Gasteiger partial charge in [0.1, 0.15) is 6.04 Å². The fraction of sp³-hybridized carbons (Fsp3) is 0.526. The van der Waals surface area contributed by atoms with Crippen molar-refractivity contribution in [3.05, 3.63) is 33.8 Å². The van der Waals surface area contributed by atoms with Gasteiger partial charge in [-0.25, -0.2) is 4.79 Å². The van der Waals surface area contributed by atoms with Crippen LogP contribution in [0.3, 0.4) is 0 Å². The monoisotopic (exact) mass is 411 g/mol. The van der Waals surface area contributed by atoms with Gasteiger partial charge in [0.05, 0.1) is 0 Å². The molecule has 0 radical (unpaired) electrons. The minimum atomic E-state index is -0.785. The Balaban J connectivity index is 1.60. The molecule has 1 saturated carbocycles. The SMILES string of the molecule is O=C(NCc1ccc(Cl)cc1Cl)[C@@H]1CCC(=O)N1C(=O)NC1CCCCC1. The van der Waals surface area contributed by atoms with Gasteiger partial charge in [-0.1, -0.05) is 48.5 Å². The zero-order valence-corrected chi connectivity index (χ0v) is 16.5. The van der Waals surface area contributed by atoms with Gasteiger partial charge in [0.2, 0.25) is 11.8 Å². The van der Waals surface area contributed by atoms with E-state index in [9.17, 15) is 14.4 Å². The second kappa shape index (κ2) is 8.93. The molecule has 0 spiro atoms. The van der Waals surface area contributed by atoms with Crippen molar-refractivity contribution >= 4 is 41.0 Å². The summed E-state index contributed by atoms with van der Waals surface area (Å²) < 4.78 is 0. The molecule has 8 heteroatoms. The second-order valence-electron chi connectivity index (χ2n) is 7.06. The van der Waals surface area contributed by atoms with Crippen LogP contribution in [0, 0.1) is 0 Å². The van der Waals surface area contributed by atoms with Crippen LogP contribution in [0.5, 0.6) is 0 Å². The number of benzene rings is 1. The lowest BCUT2D eigenvalue weighted by molar-refractivity contribution is -0.132. The van der Waals surface area contributed by atoms with E-state index in [1.54, 1.807) is 18.2 Å². The van der Waals surface area contributed by atoms with E-state index in [2.05, 4.69) is 10.6 Å². The van der Waals surface area contributed by atoms with Crippen LogP contribution < -0.4 is 10.6 Å². The summed E-state index contributed by atoms with van der Waals surface area (Å²) in [7, 11) is 0. The summed E-state index contributed by atoms with van der Waals surface area (Å²) in [4.78, 5) is 38.4.